The molecule has 6 nitrogen and oxygen atoms in total. The summed E-state index contributed by atoms with van der Waals surface area (Å²) in [5, 5.41) is 0.710. The highest BCUT2D eigenvalue weighted by atomic mass is 16.2. The Morgan fingerprint density at radius 2 is 1.55 bits per heavy atom. The van der Waals surface area contributed by atoms with Crippen molar-refractivity contribution >= 4 is 17.7 Å². The highest BCUT2D eigenvalue weighted by molar-refractivity contribution is 6.22. The number of nitrogens with zero attached hydrogens (tertiary/aromatic N) is 2. The van der Waals surface area contributed by atoms with E-state index in [-0.39, 0.29) is 16.8 Å². The largest absolute Gasteiger partial charge is 0.288 e. The summed E-state index contributed by atoms with van der Waals surface area (Å²) in [6, 6.07) is 11.2. The van der Waals surface area contributed by atoms with E-state index < -0.39 is 17.7 Å². The number of fused-ring (bicyclic) bond motifs is 1. The highest BCUT2D eigenvalue weighted by Gasteiger charge is 2.36. The first-order chi connectivity index (χ1) is 9.68. The molecule has 0 spiro atoms. The van der Waals surface area contributed by atoms with Gasteiger partial charge in [0, 0.05) is 6.20 Å². The number of carbonyl (C=O) groups excluding carboxylic acids is 3. The average molecular weight is 267 g/mol. The number of nitrogens with one attached hydrogen (secondary N) is 1. The summed E-state index contributed by atoms with van der Waals surface area (Å²) in [7, 11) is 0. The van der Waals surface area contributed by atoms with E-state index in [9.17, 15) is 14.4 Å². The minimum Gasteiger partial charge on any atom is -0.267 e. The second-order valence-corrected chi connectivity index (χ2v) is 4.15. The fraction of sp³-hybridized carbons (Fsp3) is 0. The maximum absolute atomic E-state index is 12.0. The predicted octanol–water partition coefficient (Wildman–Crippen LogP) is 1.02. The van der Waals surface area contributed by atoms with Crippen LogP contribution in [0.3, 0.4) is 0 Å². The van der Waals surface area contributed by atoms with Gasteiger partial charge in [-0.05, 0) is 24.3 Å². The molecule has 0 radical (unpaired) electrons. The molecular weight excluding hydrogens is 258 g/mol. The van der Waals surface area contributed by atoms with Crippen molar-refractivity contribution in [3.05, 3.63) is 65.5 Å². The maximum atomic E-state index is 12.0. The molecule has 3 amide bonds. The fourth-order valence-electron chi connectivity index (χ4n) is 1.95. The summed E-state index contributed by atoms with van der Waals surface area (Å²) < 4.78 is 0. The Morgan fingerprint density at radius 1 is 0.950 bits per heavy atom. The number of hydrogen-bond acceptors (Lipinski definition) is 4. The lowest BCUT2D eigenvalue weighted by atomic mass is 10.1. The molecule has 98 valence electrons. The normalized spacial score (nSPS) is 13.3. The van der Waals surface area contributed by atoms with Crippen LogP contribution in [0.4, 0.5) is 0 Å². The topological polar surface area (TPSA) is 79.4 Å². The Balaban J connectivity index is 1.86. The lowest BCUT2D eigenvalue weighted by molar-refractivity contribution is 0.0516. The quantitative estimate of drug-likeness (QED) is 0.824. The van der Waals surface area contributed by atoms with E-state index in [1.165, 1.54) is 12.3 Å². The van der Waals surface area contributed by atoms with Gasteiger partial charge in [0.25, 0.3) is 17.7 Å². The van der Waals surface area contributed by atoms with Crippen LogP contribution in [0.2, 0.25) is 0 Å². The van der Waals surface area contributed by atoms with Crippen LogP contribution in [0, 0.1) is 0 Å². The molecule has 1 aromatic heterocycles. The van der Waals surface area contributed by atoms with Gasteiger partial charge in [-0.2, -0.15) is 5.01 Å². The van der Waals surface area contributed by atoms with Crippen LogP contribution in [-0.4, -0.2) is 27.7 Å². The summed E-state index contributed by atoms with van der Waals surface area (Å²) in [4.78, 5) is 39.9. The third-order valence-electron chi connectivity index (χ3n) is 2.90. The molecule has 0 unspecified atom stereocenters. The minimum atomic E-state index is -0.611. The van der Waals surface area contributed by atoms with Gasteiger partial charge in [-0.25, -0.2) is 0 Å². The second-order valence-electron chi connectivity index (χ2n) is 4.15. The number of hydrazine groups is 1. The molecule has 2 aromatic rings. The third-order valence-corrected chi connectivity index (χ3v) is 2.90. The van der Waals surface area contributed by atoms with E-state index in [1.807, 2.05) is 0 Å². The smallest absolute Gasteiger partial charge is 0.267 e. The summed E-state index contributed by atoms with van der Waals surface area (Å²) in [6.45, 7) is 0. The fourth-order valence-corrected chi connectivity index (χ4v) is 1.95. The number of carbonyl (C=O) groups is 3. The van der Waals surface area contributed by atoms with Crippen LogP contribution >= 0.6 is 0 Å². The van der Waals surface area contributed by atoms with Crippen LogP contribution in [0.15, 0.2) is 48.7 Å². The Labute approximate surface area is 114 Å². The molecule has 1 aromatic carbocycles. The van der Waals surface area contributed by atoms with Gasteiger partial charge in [0.15, 0.2) is 0 Å². The van der Waals surface area contributed by atoms with Gasteiger partial charge in [-0.1, -0.05) is 18.2 Å². The van der Waals surface area contributed by atoms with E-state index in [2.05, 4.69) is 10.4 Å². The second kappa shape index (κ2) is 4.58. The molecule has 6 heteroatoms. The minimum absolute atomic E-state index is 0.129. The van der Waals surface area contributed by atoms with Crippen LogP contribution in [0.25, 0.3) is 0 Å². The number of aromatic nitrogens is 1. The lowest BCUT2D eigenvalue weighted by Crippen LogP contribution is -2.46. The number of pyridine rings is 1. The van der Waals surface area contributed by atoms with Gasteiger partial charge >= 0.3 is 0 Å². The number of hydrogen-bond donors (Lipinski definition) is 1. The predicted molar refractivity (Wildman–Crippen MR) is 68.6 cm³/mol. The number of benzene rings is 1. The van der Waals surface area contributed by atoms with E-state index >= 15 is 0 Å². The zero-order chi connectivity index (χ0) is 14.1. The summed E-state index contributed by atoms with van der Waals surface area (Å²) in [6.07, 6.45) is 1.46. The zero-order valence-corrected chi connectivity index (χ0v) is 10.2. The van der Waals surface area contributed by atoms with E-state index in [0.29, 0.717) is 5.01 Å². The number of imide groups is 1. The number of amides is 3. The van der Waals surface area contributed by atoms with Crippen molar-refractivity contribution in [2.24, 2.45) is 0 Å². The molecule has 3 rings (SSSR count). The molecule has 0 saturated carbocycles. The number of rotatable bonds is 2. The maximum Gasteiger partial charge on any atom is 0.288 e. The summed E-state index contributed by atoms with van der Waals surface area (Å²) in [5.41, 5.74) is 2.96. The van der Waals surface area contributed by atoms with Crippen molar-refractivity contribution in [1.29, 1.82) is 0 Å². The van der Waals surface area contributed by atoms with Gasteiger partial charge in [0.1, 0.15) is 5.69 Å². The standard InChI is InChI=1S/C14H9N3O3/c18-12(11-7-3-4-8-15-11)16-17-13(19)9-5-1-2-6-10(9)14(17)20/h1-8H,(H,16,18). The molecular formula is C14H9N3O3. The molecule has 0 aliphatic carbocycles. The Bertz CT molecular complexity index is 678. The van der Waals surface area contributed by atoms with Gasteiger partial charge in [-0.3, -0.25) is 24.8 Å². The lowest BCUT2D eigenvalue weighted by Gasteiger charge is -2.14. The van der Waals surface area contributed by atoms with Crippen molar-refractivity contribution in [3.63, 3.8) is 0 Å². The van der Waals surface area contributed by atoms with Crippen LogP contribution < -0.4 is 5.43 Å². The van der Waals surface area contributed by atoms with Crippen molar-refractivity contribution < 1.29 is 14.4 Å². The Morgan fingerprint density at radius 3 is 2.10 bits per heavy atom. The van der Waals surface area contributed by atoms with Crippen molar-refractivity contribution in [2.45, 2.75) is 0 Å². The first kappa shape index (κ1) is 12.0. The van der Waals surface area contributed by atoms with Gasteiger partial charge in [-0.15, -0.1) is 0 Å². The monoisotopic (exact) mass is 267 g/mol. The van der Waals surface area contributed by atoms with Crippen molar-refractivity contribution in [2.75, 3.05) is 0 Å². The molecule has 0 saturated heterocycles. The Hall–Kier alpha value is -3.02. The van der Waals surface area contributed by atoms with Gasteiger partial charge in [0.2, 0.25) is 0 Å². The van der Waals surface area contributed by atoms with Crippen molar-refractivity contribution in [1.82, 2.24) is 15.4 Å². The Kier molecular flexibility index (Phi) is 2.76. The van der Waals surface area contributed by atoms with Crippen LogP contribution in [0.5, 0.6) is 0 Å². The molecule has 1 aliphatic rings. The zero-order valence-electron chi connectivity index (χ0n) is 10.2. The highest BCUT2D eigenvalue weighted by Crippen LogP contribution is 2.20. The van der Waals surface area contributed by atoms with E-state index in [1.54, 1.807) is 36.4 Å². The molecule has 0 bridgehead atoms. The van der Waals surface area contributed by atoms with E-state index in [4.69, 9.17) is 0 Å². The van der Waals surface area contributed by atoms with Crippen molar-refractivity contribution in [3.8, 4) is 0 Å². The SMILES string of the molecule is O=C(NN1C(=O)c2ccccc2C1=O)c1ccccn1. The molecule has 0 fully saturated rings. The van der Waals surface area contributed by atoms with Crippen LogP contribution in [-0.2, 0) is 0 Å². The summed E-state index contributed by atoms with van der Waals surface area (Å²) in [5.74, 6) is -1.70. The molecule has 1 N–H and O–H groups in total. The molecule has 2 heterocycles. The summed E-state index contributed by atoms with van der Waals surface area (Å²) >= 11 is 0. The van der Waals surface area contributed by atoms with Crippen LogP contribution in [0.1, 0.15) is 31.2 Å². The van der Waals surface area contributed by atoms with Gasteiger partial charge in [0.05, 0.1) is 11.1 Å². The van der Waals surface area contributed by atoms with E-state index in [0.717, 1.165) is 0 Å². The molecule has 0 atom stereocenters. The third kappa shape index (κ3) is 1.83. The van der Waals surface area contributed by atoms with Gasteiger partial charge < -0.3 is 0 Å². The molecule has 20 heavy (non-hydrogen) atoms. The first-order valence-corrected chi connectivity index (χ1v) is 5.88. The first-order valence-electron chi connectivity index (χ1n) is 5.88. The average Bonchev–Trinajstić information content (AvgIpc) is 2.74. The molecule has 1 aliphatic heterocycles.